The van der Waals surface area contributed by atoms with E-state index in [1.807, 2.05) is 56.3 Å². The van der Waals surface area contributed by atoms with Crippen molar-refractivity contribution in [2.75, 3.05) is 6.79 Å². The molecule has 0 spiro atoms. The number of hydrogen-bond acceptors (Lipinski definition) is 6. The molecule has 186 valence electrons. The summed E-state index contributed by atoms with van der Waals surface area (Å²) in [6, 6.07) is 18.5. The first kappa shape index (κ1) is 22.8. The molecule has 3 aromatic carbocycles. The van der Waals surface area contributed by atoms with Gasteiger partial charge < -0.3 is 19.3 Å². The van der Waals surface area contributed by atoms with Crippen LogP contribution in [0.5, 0.6) is 11.5 Å². The van der Waals surface area contributed by atoms with Crippen molar-refractivity contribution in [2.45, 2.75) is 26.4 Å². The Morgan fingerprint density at radius 3 is 2.54 bits per heavy atom. The Bertz CT molecular complexity index is 1510. The quantitative estimate of drug-likeness (QED) is 0.385. The van der Waals surface area contributed by atoms with Crippen molar-refractivity contribution in [3.8, 4) is 22.9 Å². The number of allylic oxidation sites excluding steroid dienone is 1. The van der Waals surface area contributed by atoms with Crippen LogP contribution >= 0.6 is 0 Å². The third-order valence-corrected chi connectivity index (χ3v) is 6.54. The molecule has 4 aromatic rings. The van der Waals surface area contributed by atoms with Gasteiger partial charge in [0.25, 0.3) is 5.89 Å². The molecule has 2 amide bonds. The van der Waals surface area contributed by atoms with Crippen LogP contribution in [0.3, 0.4) is 0 Å². The average molecular weight is 499 g/mol. The normalized spacial score (nSPS) is 16.8. The predicted molar refractivity (Wildman–Crippen MR) is 133 cm³/mol. The van der Waals surface area contributed by atoms with E-state index in [2.05, 4.69) is 15.5 Å². The van der Waals surface area contributed by atoms with E-state index >= 15 is 0 Å². The average Bonchev–Trinajstić information content (AvgIpc) is 3.57. The van der Waals surface area contributed by atoms with Gasteiger partial charge in [-0.2, -0.15) is 4.98 Å². The molecule has 0 saturated carbocycles. The lowest BCUT2D eigenvalue weighted by Gasteiger charge is -2.35. The van der Waals surface area contributed by atoms with Gasteiger partial charge >= 0.3 is 6.03 Å². The summed E-state index contributed by atoms with van der Waals surface area (Å²) in [6.45, 7) is 4.30. The first-order valence-corrected chi connectivity index (χ1v) is 11.8. The Morgan fingerprint density at radius 1 is 1.00 bits per heavy atom. The first-order valence-electron chi connectivity index (χ1n) is 11.8. The van der Waals surface area contributed by atoms with Crippen molar-refractivity contribution in [3.63, 3.8) is 0 Å². The zero-order chi connectivity index (χ0) is 25.5. The van der Waals surface area contributed by atoms with Crippen molar-refractivity contribution in [1.82, 2.24) is 20.4 Å². The fourth-order valence-electron chi connectivity index (χ4n) is 4.53. The highest BCUT2D eigenvalue weighted by Gasteiger charge is 2.36. The summed E-state index contributed by atoms with van der Waals surface area (Å²) in [6.07, 6.45) is 0. The number of nitrogens with zero attached hydrogens (tertiary/aromatic N) is 3. The van der Waals surface area contributed by atoms with E-state index in [0.29, 0.717) is 34.2 Å². The number of carbonyl (C=O) groups excluding carboxylic acids is 1. The largest absolute Gasteiger partial charge is 0.454 e. The second kappa shape index (κ2) is 9.09. The number of halogens is 1. The number of urea groups is 1. The lowest BCUT2D eigenvalue weighted by Crippen LogP contribution is -2.45. The summed E-state index contributed by atoms with van der Waals surface area (Å²) in [5.41, 5.74) is 4.78. The SMILES string of the molecule is CC1=C(c2nc(-c3ccc(C)cc3)no2)C(c2ccc(F)cc2)NC(=O)N1Cc1ccc2c(c1)OCO2. The zero-order valence-electron chi connectivity index (χ0n) is 20.2. The maximum atomic E-state index is 13.7. The topological polar surface area (TPSA) is 89.7 Å². The van der Waals surface area contributed by atoms with E-state index in [1.54, 1.807) is 17.0 Å². The number of ether oxygens (including phenoxy) is 2. The Morgan fingerprint density at radius 2 is 1.76 bits per heavy atom. The minimum absolute atomic E-state index is 0.173. The highest BCUT2D eigenvalue weighted by molar-refractivity contribution is 5.87. The van der Waals surface area contributed by atoms with Gasteiger partial charge in [0.15, 0.2) is 11.5 Å². The van der Waals surface area contributed by atoms with Crippen LogP contribution in [-0.2, 0) is 6.54 Å². The van der Waals surface area contributed by atoms with Crippen LogP contribution in [-0.4, -0.2) is 27.9 Å². The molecule has 37 heavy (non-hydrogen) atoms. The molecule has 1 unspecified atom stereocenters. The number of nitrogens with one attached hydrogen (secondary N) is 1. The van der Waals surface area contributed by atoms with E-state index in [4.69, 9.17) is 14.0 Å². The molecule has 1 N–H and O–H groups in total. The van der Waals surface area contributed by atoms with E-state index in [9.17, 15) is 9.18 Å². The van der Waals surface area contributed by atoms with Gasteiger partial charge in [0, 0.05) is 11.3 Å². The monoisotopic (exact) mass is 498 g/mol. The summed E-state index contributed by atoms with van der Waals surface area (Å²) in [4.78, 5) is 19.6. The van der Waals surface area contributed by atoms with Gasteiger partial charge in [0.05, 0.1) is 18.2 Å². The van der Waals surface area contributed by atoms with E-state index in [-0.39, 0.29) is 31.1 Å². The van der Waals surface area contributed by atoms with E-state index < -0.39 is 6.04 Å². The lowest BCUT2D eigenvalue weighted by atomic mass is 9.94. The summed E-state index contributed by atoms with van der Waals surface area (Å²) in [5, 5.41) is 7.23. The zero-order valence-corrected chi connectivity index (χ0v) is 20.2. The molecule has 1 aromatic heterocycles. The van der Waals surface area contributed by atoms with Crippen molar-refractivity contribution >= 4 is 11.6 Å². The summed E-state index contributed by atoms with van der Waals surface area (Å²) >= 11 is 0. The van der Waals surface area contributed by atoms with Crippen LogP contribution in [0.2, 0.25) is 0 Å². The molecule has 3 heterocycles. The predicted octanol–water partition coefficient (Wildman–Crippen LogP) is 5.61. The number of hydrogen-bond donors (Lipinski definition) is 1. The number of rotatable bonds is 5. The number of carbonyl (C=O) groups is 1. The second-order valence-electron chi connectivity index (χ2n) is 9.00. The first-order chi connectivity index (χ1) is 18.0. The van der Waals surface area contributed by atoms with Gasteiger partial charge in [-0.15, -0.1) is 0 Å². The lowest BCUT2D eigenvalue weighted by molar-refractivity contribution is 0.174. The van der Waals surface area contributed by atoms with Crippen molar-refractivity contribution < 1.29 is 23.2 Å². The Balaban J connectivity index is 1.41. The Labute approximate surface area is 212 Å². The van der Waals surface area contributed by atoms with Crippen LogP contribution in [0, 0.1) is 12.7 Å². The number of fused-ring (bicyclic) bond motifs is 1. The van der Waals surface area contributed by atoms with Crippen molar-refractivity contribution in [2.24, 2.45) is 0 Å². The van der Waals surface area contributed by atoms with Gasteiger partial charge in [-0.05, 0) is 49.2 Å². The van der Waals surface area contributed by atoms with Gasteiger partial charge in [-0.3, -0.25) is 4.90 Å². The molecule has 2 aliphatic rings. The highest BCUT2D eigenvalue weighted by Crippen LogP contribution is 2.39. The van der Waals surface area contributed by atoms with Crippen LogP contribution in [0.1, 0.15) is 35.5 Å². The minimum atomic E-state index is -0.604. The molecule has 0 radical (unpaired) electrons. The molecule has 8 nitrogen and oxygen atoms in total. The van der Waals surface area contributed by atoms with Gasteiger partial charge in [-0.25, -0.2) is 9.18 Å². The molecule has 0 saturated heterocycles. The van der Waals surface area contributed by atoms with Crippen molar-refractivity contribution in [3.05, 3.63) is 101 Å². The number of benzene rings is 3. The molecule has 0 bridgehead atoms. The molecule has 1 atom stereocenters. The highest BCUT2D eigenvalue weighted by atomic mass is 19.1. The maximum absolute atomic E-state index is 13.7. The molecule has 6 rings (SSSR count). The smallest absolute Gasteiger partial charge is 0.322 e. The minimum Gasteiger partial charge on any atom is -0.454 e. The number of amides is 2. The standard InChI is InChI=1S/C28H23FN4O4/c1-16-3-6-20(7-4-16)26-31-27(37-32-26)24-17(2)33(14-18-5-12-22-23(13-18)36-15-35-22)28(34)30-25(24)19-8-10-21(29)11-9-19/h3-13,25H,14-15H2,1-2H3,(H,30,34). The summed E-state index contributed by atoms with van der Waals surface area (Å²) < 4.78 is 30.3. The molecular weight excluding hydrogens is 475 g/mol. The van der Waals surface area contributed by atoms with E-state index in [0.717, 1.165) is 16.7 Å². The maximum Gasteiger partial charge on any atom is 0.322 e. The fourth-order valence-corrected chi connectivity index (χ4v) is 4.53. The van der Waals surface area contributed by atoms with Crippen LogP contribution < -0.4 is 14.8 Å². The Kier molecular flexibility index (Phi) is 5.60. The van der Waals surface area contributed by atoms with Gasteiger partial charge in [0.1, 0.15) is 5.82 Å². The number of aryl methyl sites for hydroxylation is 1. The molecule has 2 aliphatic heterocycles. The molecular formula is C28H23FN4O4. The van der Waals surface area contributed by atoms with Crippen LogP contribution in [0.15, 0.2) is 77.0 Å². The number of aromatic nitrogens is 2. The third-order valence-electron chi connectivity index (χ3n) is 6.54. The van der Waals surface area contributed by atoms with Gasteiger partial charge in [-0.1, -0.05) is 53.2 Å². The fraction of sp³-hybridized carbons (Fsp3) is 0.179. The third kappa shape index (κ3) is 4.29. The van der Waals surface area contributed by atoms with Crippen LogP contribution in [0.25, 0.3) is 17.0 Å². The Hall–Kier alpha value is -4.66. The van der Waals surface area contributed by atoms with E-state index in [1.165, 1.54) is 12.1 Å². The van der Waals surface area contributed by atoms with Crippen molar-refractivity contribution in [1.29, 1.82) is 0 Å². The summed E-state index contributed by atoms with van der Waals surface area (Å²) in [5.74, 6) is 1.66. The summed E-state index contributed by atoms with van der Waals surface area (Å²) in [7, 11) is 0. The van der Waals surface area contributed by atoms with Gasteiger partial charge in [0.2, 0.25) is 12.6 Å². The molecule has 0 aliphatic carbocycles. The van der Waals surface area contributed by atoms with Crippen LogP contribution in [0.4, 0.5) is 9.18 Å². The molecule has 9 heteroatoms. The second-order valence-corrected chi connectivity index (χ2v) is 9.00. The molecule has 0 fully saturated rings.